The summed E-state index contributed by atoms with van der Waals surface area (Å²) in [6, 6.07) is 7.19. The Morgan fingerprint density at radius 3 is 2.42 bits per heavy atom. The van der Waals surface area contributed by atoms with Crippen molar-refractivity contribution in [1.82, 2.24) is 0 Å². The average molecular weight is 324 g/mol. The molecule has 0 heterocycles. The van der Waals surface area contributed by atoms with Crippen LogP contribution in [0.2, 0.25) is 0 Å². The molecule has 0 saturated heterocycles. The lowest BCUT2D eigenvalue weighted by Crippen LogP contribution is -2.53. The van der Waals surface area contributed by atoms with Crippen molar-refractivity contribution < 1.29 is 4.79 Å². The third kappa shape index (κ3) is 3.34. The molecule has 0 spiro atoms. The van der Waals surface area contributed by atoms with Gasteiger partial charge in [0.25, 0.3) is 0 Å². The van der Waals surface area contributed by atoms with E-state index in [-0.39, 0.29) is 5.91 Å². The summed E-state index contributed by atoms with van der Waals surface area (Å²) in [5.41, 5.74) is 5.51. The van der Waals surface area contributed by atoms with Crippen molar-refractivity contribution in [3.05, 3.63) is 28.2 Å². The van der Waals surface area contributed by atoms with Gasteiger partial charge in [0.05, 0.1) is 16.7 Å². The molecule has 0 aliphatic rings. The van der Waals surface area contributed by atoms with Crippen LogP contribution < -0.4 is 11.1 Å². The lowest BCUT2D eigenvalue weighted by atomic mass is 9.74. The number of halogens is 1. The zero-order chi connectivity index (χ0) is 14.8. The van der Waals surface area contributed by atoms with Crippen molar-refractivity contribution in [1.29, 1.82) is 5.26 Å². The van der Waals surface area contributed by atoms with Crippen LogP contribution in [0.15, 0.2) is 22.7 Å². The van der Waals surface area contributed by atoms with Gasteiger partial charge in [-0.1, -0.05) is 15.9 Å². The summed E-state index contributed by atoms with van der Waals surface area (Å²) in [6.45, 7) is 7.18. The number of hydrogen-bond donors (Lipinski definition) is 2. The largest absolute Gasteiger partial charge is 0.325 e. The zero-order valence-electron chi connectivity index (χ0n) is 11.5. The van der Waals surface area contributed by atoms with Crippen LogP contribution in [0.25, 0.3) is 0 Å². The minimum atomic E-state index is -0.757. The van der Waals surface area contributed by atoms with E-state index in [0.29, 0.717) is 11.3 Å². The third-order valence-electron chi connectivity index (χ3n) is 3.53. The van der Waals surface area contributed by atoms with Gasteiger partial charge in [0, 0.05) is 10.0 Å². The van der Waals surface area contributed by atoms with E-state index in [1.165, 1.54) is 0 Å². The van der Waals surface area contributed by atoms with Crippen LogP contribution in [0.5, 0.6) is 0 Å². The fourth-order valence-corrected chi connectivity index (χ4v) is 1.65. The molecule has 0 bridgehead atoms. The second-order valence-electron chi connectivity index (χ2n) is 5.60. The number of nitrogens with one attached hydrogen (secondary N) is 1. The highest BCUT2D eigenvalue weighted by molar-refractivity contribution is 9.10. The topological polar surface area (TPSA) is 78.9 Å². The first-order valence-corrected chi connectivity index (χ1v) is 6.69. The van der Waals surface area contributed by atoms with Crippen LogP contribution in [0.3, 0.4) is 0 Å². The number of carbonyl (C=O) groups is 1. The number of benzene rings is 1. The van der Waals surface area contributed by atoms with Crippen LogP contribution in [0, 0.1) is 16.7 Å². The first-order valence-electron chi connectivity index (χ1n) is 5.89. The second-order valence-corrected chi connectivity index (χ2v) is 6.52. The van der Waals surface area contributed by atoms with Crippen molar-refractivity contribution >= 4 is 27.5 Å². The maximum absolute atomic E-state index is 12.3. The summed E-state index contributed by atoms with van der Waals surface area (Å²) in [5, 5.41) is 11.8. The number of amides is 1. The molecule has 1 amide bonds. The van der Waals surface area contributed by atoms with E-state index >= 15 is 0 Å². The molecule has 1 rings (SSSR count). The molecule has 0 aromatic heterocycles. The lowest BCUT2D eigenvalue weighted by molar-refractivity contribution is -0.126. The van der Waals surface area contributed by atoms with Crippen LogP contribution >= 0.6 is 15.9 Å². The molecule has 0 fully saturated rings. The number of nitriles is 1. The third-order valence-corrected chi connectivity index (χ3v) is 4.02. The molecular formula is C14H18BrN3O. The zero-order valence-corrected chi connectivity index (χ0v) is 13.1. The Hall–Kier alpha value is -1.38. The van der Waals surface area contributed by atoms with Gasteiger partial charge in [-0.2, -0.15) is 5.26 Å². The SMILES string of the molecule is CC(C)(N)C(C)(C)C(=O)Nc1ccc(Br)cc1C#N. The molecule has 0 atom stereocenters. The number of anilines is 1. The highest BCUT2D eigenvalue weighted by Crippen LogP contribution is 2.30. The monoisotopic (exact) mass is 323 g/mol. The molecule has 0 aliphatic carbocycles. The van der Waals surface area contributed by atoms with Gasteiger partial charge in [0.15, 0.2) is 0 Å². The molecule has 1 aromatic carbocycles. The number of carbonyl (C=O) groups excluding carboxylic acids is 1. The van der Waals surface area contributed by atoms with Gasteiger partial charge < -0.3 is 11.1 Å². The van der Waals surface area contributed by atoms with Gasteiger partial charge in [-0.3, -0.25) is 4.79 Å². The Morgan fingerprint density at radius 1 is 1.37 bits per heavy atom. The molecule has 102 valence electrons. The van der Waals surface area contributed by atoms with Crippen molar-refractivity contribution in [2.75, 3.05) is 5.32 Å². The minimum Gasteiger partial charge on any atom is -0.325 e. The van der Waals surface area contributed by atoms with E-state index in [2.05, 4.69) is 27.3 Å². The van der Waals surface area contributed by atoms with Gasteiger partial charge in [0.1, 0.15) is 6.07 Å². The Balaban J connectivity index is 3.05. The number of nitrogens with two attached hydrogens (primary N) is 1. The fraction of sp³-hybridized carbons (Fsp3) is 0.429. The minimum absolute atomic E-state index is 0.209. The number of rotatable bonds is 3. The van der Waals surface area contributed by atoms with Crippen LogP contribution in [-0.4, -0.2) is 11.4 Å². The summed E-state index contributed by atoms with van der Waals surface area (Å²) in [6.07, 6.45) is 0. The van der Waals surface area contributed by atoms with Crippen LogP contribution in [-0.2, 0) is 4.79 Å². The Kier molecular flexibility index (Phi) is 4.39. The number of hydrogen-bond acceptors (Lipinski definition) is 3. The van der Waals surface area contributed by atoms with E-state index in [9.17, 15) is 4.79 Å². The quantitative estimate of drug-likeness (QED) is 0.897. The van der Waals surface area contributed by atoms with Gasteiger partial charge >= 0.3 is 0 Å². The number of nitrogens with zero attached hydrogens (tertiary/aromatic N) is 1. The molecule has 0 saturated carbocycles. The van der Waals surface area contributed by atoms with Crippen molar-refractivity contribution in [3.8, 4) is 6.07 Å². The van der Waals surface area contributed by atoms with E-state index in [4.69, 9.17) is 11.0 Å². The predicted molar refractivity (Wildman–Crippen MR) is 79.5 cm³/mol. The molecule has 0 unspecified atom stereocenters. The second kappa shape index (κ2) is 5.32. The Labute approximate surface area is 122 Å². The van der Waals surface area contributed by atoms with Crippen molar-refractivity contribution in [2.45, 2.75) is 33.2 Å². The first-order chi connectivity index (χ1) is 8.59. The summed E-state index contributed by atoms with van der Waals surface area (Å²) >= 11 is 3.29. The van der Waals surface area contributed by atoms with Gasteiger partial charge in [-0.05, 0) is 45.9 Å². The van der Waals surface area contributed by atoms with Crippen LogP contribution in [0.4, 0.5) is 5.69 Å². The van der Waals surface area contributed by atoms with E-state index in [1.807, 2.05) is 0 Å². The Bertz CT molecular complexity index is 539. The summed E-state index contributed by atoms with van der Waals surface area (Å²) in [5.74, 6) is -0.209. The highest BCUT2D eigenvalue weighted by atomic mass is 79.9. The fourth-order valence-electron chi connectivity index (χ4n) is 1.29. The molecule has 19 heavy (non-hydrogen) atoms. The standard InChI is InChI=1S/C14H18BrN3O/c1-13(2,14(3,4)17)12(19)18-11-6-5-10(15)7-9(11)8-16/h5-7H,17H2,1-4H3,(H,18,19). The first kappa shape index (κ1) is 15.7. The van der Waals surface area contributed by atoms with Gasteiger partial charge in [-0.25, -0.2) is 0 Å². The smallest absolute Gasteiger partial charge is 0.231 e. The molecule has 1 aromatic rings. The van der Waals surface area contributed by atoms with Crippen molar-refractivity contribution in [3.63, 3.8) is 0 Å². The van der Waals surface area contributed by atoms with Crippen molar-refractivity contribution in [2.24, 2.45) is 11.1 Å². The highest BCUT2D eigenvalue weighted by Gasteiger charge is 2.40. The van der Waals surface area contributed by atoms with Gasteiger partial charge in [-0.15, -0.1) is 0 Å². The lowest BCUT2D eigenvalue weighted by Gasteiger charge is -2.36. The average Bonchev–Trinajstić information content (AvgIpc) is 2.29. The molecule has 0 aliphatic heterocycles. The predicted octanol–water partition coefficient (Wildman–Crippen LogP) is 3.02. The summed E-state index contributed by atoms with van der Waals surface area (Å²) < 4.78 is 0.792. The summed E-state index contributed by atoms with van der Waals surface area (Å²) in [7, 11) is 0. The van der Waals surface area contributed by atoms with Gasteiger partial charge in [0.2, 0.25) is 5.91 Å². The summed E-state index contributed by atoms with van der Waals surface area (Å²) in [4.78, 5) is 12.3. The molecule has 5 heteroatoms. The molecule has 0 radical (unpaired) electrons. The van der Waals surface area contributed by atoms with E-state index < -0.39 is 11.0 Å². The maximum Gasteiger partial charge on any atom is 0.231 e. The molecule has 4 nitrogen and oxygen atoms in total. The normalized spacial score (nSPS) is 11.8. The van der Waals surface area contributed by atoms with E-state index in [0.717, 1.165) is 4.47 Å². The molecule has 3 N–H and O–H groups in total. The molecular weight excluding hydrogens is 306 g/mol. The maximum atomic E-state index is 12.3. The van der Waals surface area contributed by atoms with E-state index in [1.54, 1.807) is 45.9 Å². The Morgan fingerprint density at radius 2 is 1.95 bits per heavy atom. The van der Waals surface area contributed by atoms with Crippen LogP contribution in [0.1, 0.15) is 33.3 Å².